The van der Waals surface area contributed by atoms with E-state index in [1.165, 1.54) is 6.07 Å². The summed E-state index contributed by atoms with van der Waals surface area (Å²) in [6.45, 7) is -0.174. The molecule has 1 atom stereocenters. The molecule has 0 heterocycles. The quantitative estimate of drug-likeness (QED) is 0.568. The Morgan fingerprint density at radius 1 is 1.43 bits per heavy atom. The lowest BCUT2D eigenvalue weighted by atomic mass is 10.3. The van der Waals surface area contributed by atoms with Crippen LogP contribution in [-0.2, 0) is 4.57 Å². The maximum atomic E-state index is 12.8. The van der Waals surface area contributed by atoms with E-state index in [0.29, 0.717) is 8.87 Å². The SMILES string of the molecule is C[P+](=O)c1cccc(F)c1I.FCF. The third kappa shape index (κ3) is 4.37. The maximum Gasteiger partial charge on any atom is 0.374 e. The Hall–Kier alpha value is -0.160. The summed E-state index contributed by atoms with van der Waals surface area (Å²) in [4.78, 5) is 0. The van der Waals surface area contributed by atoms with Gasteiger partial charge in [0, 0.05) is 0 Å². The molecular formula is C8H8F3IOP+. The zero-order valence-electron chi connectivity index (χ0n) is 7.31. The highest BCUT2D eigenvalue weighted by atomic mass is 127. The van der Waals surface area contributed by atoms with Crippen LogP contribution in [0.15, 0.2) is 18.2 Å². The molecule has 1 unspecified atom stereocenters. The number of benzene rings is 1. The van der Waals surface area contributed by atoms with Crippen LogP contribution in [0, 0.1) is 9.39 Å². The molecule has 0 bridgehead atoms. The zero-order chi connectivity index (χ0) is 11.1. The third-order valence-electron chi connectivity index (χ3n) is 1.27. The van der Waals surface area contributed by atoms with Gasteiger partial charge in [0.2, 0.25) is 12.2 Å². The highest BCUT2D eigenvalue weighted by molar-refractivity contribution is 14.1. The van der Waals surface area contributed by atoms with E-state index in [2.05, 4.69) is 0 Å². The van der Waals surface area contributed by atoms with Gasteiger partial charge in [0.05, 0.1) is 0 Å². The lowest BCUT2D eigenvalue weighted by Crippen LogP contribution is -2.03. The normalized spacial score (nSPS) is 10.2. The molecule has 6 heteroatoms. The van der Waals surface area contributed by atoms with E-state index in [4.69, 9.17) is 0 Å². The van der Waals surface area contributed by atoms with Crippen LogP contribution in [0.25, 0.3) is 0 Å². The topological polar surface area (TPSA) is 17.1 Å². The number of rotatable bonds is 1. The Bertz CT molecular complexity index is 319. The summed E-state index contributed by atoms with van der Waals surface area (Å²) in [5.74, 6) is -0.298. The van der Waals surface area contributed by atoms with Gasteiger partial charge in [-0.3, -0.25) is 0 Å². The van der Waals surface area contributed by atoms with Crippen LogP contribution in [0.3, 0.4) is 0 Å². The van der Waals surface area contributed by atoms with Crippen LogP contribution >= 0.6 is 30.4 Å². The van der Waals surface area contributed by atoms with Gasteiger partial charge < -0.3 is 0 Å². The van der Waals surface area contributed by atoms with Crippen molar-refractivity contribution in [3.63, 3.8) is 0 Å². The summed E-state index contributed by atoms with van der Waals surface area (Å²) in [6.07, 6.45) is 0. The van der Waals surface area contributed by atoms with Gasteiger partial charge in [0.25, 0.3) is 0 Å². The zero-order valence-corrected chi connectivity index (χ0v) is 10.4. The first-order chi connectivity index (χ1) is 6.54. The van der Waals surface area contributed by atoms with Crippen LogP contribution in [0.1, 0.15) is 0 Å². The monoisotopic (exact) mass is 335 g/mol. The molecule has 0 saturated heterocycles. The Labute approximate surface area is 94.6 Å². The van der Waals surface area contributed by atoms with Crippen molar-refractivity contribution in [3.8, 4) is 0 Å². The van der Waals surface area contributed by atoms with Crippen molar-refractivity contribution in [2.24, 2.45) is 0 Å². The minimum atomic E-state index is -1.75. The average Bonchev–Trinajstić information content (AvgIpc) is 2.10. The van der Waals surface area contributed by atoms with Gasteiger partial charge in [-0.1, -0.05) is 10.6 Å². The maximum absolute atomic E-state index is 12.8. The van der Waals surface area contributed by atoms with Crippen molar-refractivity contribution >= 4 is 35.7 Å². The fourth-order valence-corrected chi connectivity index (χ4v) is 2.79. The summed E-state index contributed by atoms with van der Waals surface area (Å²) in [6, 6.07) is 4.62. The second-order valence-corrected chi connectivity index (χ2v) is 4.73. The number of alkyl halides is 2. The predicted octanol–water partition coefficient (Wildman–Crippen LogP) is 3.40. The van der Waals surface area contributed by atoms with Gasteiger partial charge in [-0.2, -0.15) is 0 Å². The van der Waals surface area contributed by atoms with Gasteiger partial charge in [0.1, 0.15) is 16.1 Å². The molecule has 0 N–H and O–H groups in total. The van der Waals surface area contributed by atoms with Crippen molar-refractivity contribution in [2.45, 2.75) is 0 Å². The third-order valence-corrected chi connectivity index (χ3v) is 3.84. The van der Waals surface area contributed by atoms with E-state index in [9.17, 15) is 17.7 Å². The second kappa shape index (κ2) is 7.17. The van der Waals surface area contributed by atoms with Gasteiger partial charge >= 0.3 is 7.80 Å². The van der Waals surface area contributed by atoms with Gasteiger partial charge in [-0.25, -0.2) is 13.2 Å². The molecule has 0 aliphatic rings. The second-order valence-electron chi connectivity index (χ2n) is 2.17. The fourth-order valence-electron chi connectivity index (χ4n) is 0.736. The summed E-state index contributed by atoms with van der Waals surface area (Å²) >= 11 is 1.86. The predicted molar refractivity (Wildman–Crippen MR) is 59.4 cm³/mol. The Morgan fingerprint density at radius 3 is 2.29 bits per heavy atom. The van der Waals surface area contributed by atoms with E-state index in [0.717, 1.165) is 0 Å². The van der Waals surface area contributed by atoms with Crippen LogP contribution in [0.2, 0.25) is 0 Å². The van der Waals surface area contributed by atoms with Crippen LogP contribution in [0.5, 0.6) is 0 Å². The average molecular weight is 335 g/mol. The van der Waals surface area contributed by atoms with E-state index >= 15 is 0 Å². The molecule has 14 heavy (non-hydrogen) atoms. The molecule has 0 radical (unpaired) electrons. The van der Waals surface area contributed by atoms with Crippen molar-refractivity contribution in [3.05, 3.63) is 27.6 Å². The minimum absolute atomic E-state index is 0.298. The highest BCUT2D eigenvalue weighted by Gasteiger charge is 2.18. The van der Waals surface area contributed by atoms with E-state index in [-0.39, 0.29) is 5.82 Å². The smallest absolute Gasteiger partial charge is 0.214 e. The molecule has 0 aliphatic heterocycles. The first-order valence-electron chi connectivity index (χ1n) is 3.51. The lowest BCUT2D eigenvalue weighted by Gasteiger charge is -1.91. The lowest BCUT2D eigenvalue weighted by molar-refractivity contribution is 0.295. The van der Waals surface area contributed by atoms with Gasteiger partial charge in [-0.05, 0) is 34.7 Å². The van der Waals surface area contributed by atoms with E-state index < -0.39 is 14.7 Å². The summed E-state index contributed by atoms with van der Waals surface area (Å²) < 4.78 is 43.5. The number of hydrogen-bond acceptors (Lipinski definition) is 1. The fraction of sp³-hybridized carbons (Fsp3) is 0.250. The summed E-state index contributed by atoms with van der Waals surface area (Å²) in [5.41, 5.74) is 0. The number of halogens is 4. The largest absolute Gasteiger partial charge is 0.374 e. The first-order valence-corrected chi connectivity index (χ1v) is 6.30. The van der Waals surface area contributed by atoms with Crippen LogP contribution in [0.4, 0.5) is 13.2 Å². The Morgan fingerprint density at radius 2 is 1.93 bits per heavy atom. The molecule has 0 amide bonds. The molecule has 78 valence electrons. The molecule has 0 aromatic heterocycles. The molecule has 1 aromatic carbocycles. The van der Waals surface area contributed by atoms with Crippen molar-refractivity contribution < 1.29 is 17.7 Å². The molecular weight excluding hydrogens is 327 g/mol. The highest BCUT2D eigenvalue weighted by Crippen LogP contribution is 2.19. The Balaban J connectivity index is 0.000000500. The molecule has 1 nitrogen and oxygen atoms in total. The number of hydrogen-bond donors (Lipinski definition) is 0. The molecule has 1 rings (SSSR count). The minimum Gasteiger partial charge on any atom is -0.214 e. The van der Waals surface area contributed by atoms with E-state index in [1.807, 2.05) is 22.6 Å². The molecule has 0 saturated carbocycles. The van der Waals surface area contributed by atoms with Crippen molar-refractivity contribution in [1.29, 1.82) is 0 Å². The Kier molecular flexibility index (Phi) is 7.09. The standard InChI is InChI=1S/C7H6FIOP.CH2F2/c1-11(10)6-4-2-3-5(8)7(6)9;2-1-3/h2-4H,1H3;1H2/q+1;. The van der Waals surface area contributed by atoms with E-state index in [1.54, 1.807) is 18.8 Å². The van der Waals surface area contributed by atoms with Gasteiger partial charge in [-0.15, -0.1) is 0 Å². The molecule has 0 fully saturated rings. The van der Waals surface area contributed by atoms with Crippen molar-refractivity contribution in [1.82, 2.24) is 0 Å². The summed E-state index contributed by atoms with van der Waals surface area (Å²) in [5, 5.41) is 0.598. The summed E-state index contributed by atoms with van der Waals surface area (Å²) in [7, 11) is -1.43. The van der Waals surface area contributed by atoms with Gasteiger partial charge in [0.15, 0.2) is 0 Å². The molecule has 1 aromatic rings. The molecule has 0 aliphatic carbocycles. The molecule has 0 spiro atoms. The first kappa shape index (κ1) is 13.8. The van der Waals surface area contributed by atoms with Crippen LogP contribution < -0.4 is 5.30 Å². The van der Waals surface area contributed by atoms with Crippen LogP contribution in [-0.4, -0.2) is 13.6 Å². The van der Waals surface area contributed by atoms with Crippen molar-refractivity contribution in [2.75, 3.05) is 13.6 Å².